The van der Waals surface area contributed by atoms with Gasteiger partial charge < -0.3 is 9.64 Å². The molecule has 1 saturated heterocycles. The summed E-state index contributed by atoms with van der Waals surface area (Å²) in [6.45, 7) is 2.43. The lowest BCUT2D eigenvalue weighted by Crippen LogP contribution is -2.34. The Balaban J connectivity index is 1.74. The molecule has 20 heavy (non-hydrogen) atoms. The van der Waals surface area contributed by atoms with Gasteiger partial charge in [0, 0.05) is 33.2 Å². The van der Waals surface area contributed by atoms with Crippen molar-refractivity contribution < 1.29 is 13.9 Å². The van der Waals surface area contributed by atoms with E-state index in [1.54, 1.807) is 12.1 Å². The van der Waals surface area contributed by atoms with Crippen LogP contribution in [-0.2, 0) is 16.0 Å². The zero-order chi connectivity index (χ0) is 14.4. The first kappa shape index (κ1) is 15.0. The first-order chi connectivity index (χ1) is 9.65. The number of carbonyl (C=O) groups excluding carboxylic acids is 1. The van der Waals surface area contributed by atoms with Gasteiger partial charge in [-0.25, -0.2) is 4.39 Å². The van der Waals surface area contributed by atoms with Gasteiger partial charge >= 0.3 is 0 Å². The van der Waals surface area contributed by atoms with Crippen molar-refractivity contribution in [3.63, 3.8) is 0 Å². The number of benzene rings is 1. The summed E-state index contributed by atoms with van der Waals surface area (Å²) < 4.78 is 18.1. The zero-order valence-electron chi connectivity index (χ0n) is 12.0. The second-order valence-corrected chi connectivity index (χ2v) is 5.46. The maximum Gasteiger partial charge on any atom is 0.222 e. The molecule has 110 valence electrons. The highest BCUT2D eigenvalue weighted by molar-refractivity contribution is 5.76. The zero-order valence-corrected chi connectivity index (χ0v) is 12.0. The van der Waals surface area contributed by atoms with E-state index in [1.807, 2.05) is 11.9 Å². The molecule has 1 aromatic carbocycles. The number of halogens is 1. The number of carbonyl (C=O) groups is 1. The fraction of sp³-hybridized carbons (Fsp3) is 0.562. The number of amides is 1. The van der Waals surface area contributed by atoms with Crippen molar-refractivity contribution in [1.29, 1.82) is 0 Å². The Morgan fingerprint density at radius 2 is 1.95 bits per heavy atom. The lowest BCUT2D eigenvalue weighted by Gasteiger charge is -2.27. The van der Waals surface area contributed by atoms with E-state index in [9.17, 15) is 9.18 Å². The van der Waals surface area contributed by atoms with E-state index in [0.717, 1.165) is 38.2 Å². The second-order valence-electron chi connectivity index (χ2n) is 5.46. The standard InChI is InChI=1S/C16H22FNO2/c1-18(12-14-8-10-20-11-9-14)16(19)7-4-13-2-5-15(17)6-3-13/h2-3,5-6,14H,4,7-12H2,1H3. The fourth-order valence-corrected chi connectivity index (χ4v) is 2.51. The van der Waals surface area contributed by atoms with E-state index >= 15 is 0 Å². The lowest BCUT2D eigenvalue weighted by molar-refractivity contribution is -0.130. The Hall–Kier alpha value is -1.42. The molecule has 1 aliphatic rings. The van der Waals surface area contributed by atoms with E-state index < -0.39 is 0 Å². The van der Waals surface area contributed by atoms with Gasteiger partial charge in [0.2, 0.25) is 5.91 Å². The Labute approximate surface area is 119 Å². The number of ether oxygens (including phenoxy) is 1. The Morgan fingerprint density at radius 3 is 2.60 bits per heavy atom. The van der Waals surface area contributed by atoms with Crippen molar-refractivity contribution in [2.24, 2.45) is 5.92 Å². The maximum absolute atomic E-state index is 12.8. The maximum atomic E-state index is 12.8. The molecule has 0 aliphatic carbocycles. The monoisotopic (exact) mass is 279 g/mol. The van der Waals surface area contributed by atoms with Crippen molar-refractivity contribution in [1.82, 2.24) is 4.90 Å². The summed E-state index contributed by atoms with van der Waals surface area (Å²) in [6.07, 6.45) is 3.22. The van der Waals surface area contributed by atoms with Gasteiger partial charge in [0.1, 0.15) is 5.82 Å². The highest BCUT2D eigenvalue weighted by atomic mass is 19.1. The normalized spacial score (nSPS) is 16.1. The minimum absolute atomic E-state index is 0.154. The molecule has 1 amide bonds. The Bertz CT molecular complexity index is 427. The van der Waals surface area contributed by atoms with Crippen LogP contribution in [0.25, 0.3) is 0 Å². The summed E-state index contributed by atoms with van der Waals surface area (Å²) in [5.41, 5.74) is 0.999. The first-order valence-corrected chi connectivity index (χ1v) is 7.21. The third-order valence-corrected chi connectivity index (χ3v) is 3.84. The molecule has 2 rings (SSSR count). The Kier molecular flexibility index (Phi) is 5.53. The summed E-state index contributed by atoms with van der Waals surface area (Å²) in [5.74, 6) is 0.473. The molecule has 0 aromatic heterocycles. The third-order valence-electron chi connectivity index (χ3n) is 3.84. The molecule has 3 nitrogen and oxygen atoms in total. The van der Waals surface area contributed by atoms with Crippen LogP contribution in [0, 0.1) is 11.7 Å². The molecule has 0 radical (unpaired) electrons. The largest absolute Gasteiger partial charge is 0.381 e. The topological polar surface area (TPSA) is 29.5 Å². The number of nitrogens with zero attached hydrogens (tertiary/aromatic N) is 1. The van der Waals surface area contributed by atoms with Gasteiger partial charge in [-0.15, -0.1) is 0 Å². The van der Waals surface area contributed by atoms with Gasteiger partial charge in [-0.2, -0.15) is 0 Å². The predicted molar refractivity (Wildman–Crippen MR) is 75.9 cm³/mol. The molecule has 0 atom stereocenters. The molecule has 0 unspecified atom stereocenters. The molecule has 1 heterocycles. The van der Waals surface area contributed by atoms with E-state index in [-0.39, 0.29) is 11.7 Å². The molecule has 4 heteroatoms. The van der Waals surface area contributed by atoms with Crippen LogP contribution >= 0.6 is 0 Å². The van der Waals surface area contributed by atoms with Crippen LogP contribution in [0.2, 0.25) is 0 Å². The highest BCUT2D eigenvalue weighted by Crippen LogP contribution is 2.16. The first-order valence-electron chi connectivity index (χ1n) is 7.21. The van der Waals surface area contributed by atoms with E-state index in [0.29, 0.717) is 18.8 Å². The Morgan fingerprint density at radius 1 is 1.30 bits per heavy atom. The summed E-state index contributed by atoms with van der Waals surface area (Å²) in [5, 5.41) is 0. The average Bonchev–Trinajstić information content (AvgIpc) is 2.47. The smallest absolute Gasteiger partial charge is 0.222 e. The molecule has 0 spiro atoms. The number of rotatable bonds is 5. The summed E-state index contributed by atoms with van der Waals surface area (Å²) in [4.78, 5) is 13.9. The number of hydrogen-bond donors (Lipinski definition) is 0. The van der Waals surface area contributed by atoms with E-state index in [4.69, 9.17) is 4.74 Å². The molecule has 1 aromatic rings. The number of aryl methyl sites for hydroxylation is 1. The van der Waals surface area contributed by atoms with Gasteiger partial charge in [-0.1, -0.05) is 12.1 Å². The van der Waals surface area contributed by atoms with Crippen molar-refractivity contribution in [2.45, 2.75) is 25.7 Å². The van der Waals surface area contributed by atoms with Crippen LogP contribution in [-0.4, -0.2) is 37.6 Å². The van der Waals surface area contributed by atoms with Gasteiger partial charge in [0.15, 0.2) is 0 Å². The van der Waals surface area contributed by atoms with Gasteiger partial charge in [0.25, 0.3) is 0 Å². The van der Waals surface area contributed by atoms with Crippen molar-refractivity contribution in [3.05, 3.63) is 35.6 Å². The van der Waals surface area contributed by atoms with Crippen LogP contribution in [0.1, 0.15) is 24.8 Å². The molecule has 0 bridgehead atoms. The van der Waals surface area contributed by atoms with Crippen molar-refractivity contribution in [2.75, 3.05) is 26.8 Å². The van der Waals surface area contributed by atoms with E-state index in [2.05, 4.69) is 0 Å². The number of hydrogen-bond acceptors (Lipinski definition) is 2. The lowest BCUT2D eigenvalue weighted by atomic mass is 9.99. The van der Waals surface area contributed by atoms with Crippen LogP contribution in [0.5, 0.6) is 0 Å². The van der Waals surface area contributed by atoms with Crippen LogP contribution < -0.4 is 0 Å². The predicted octanol–water partition coefficient (Wildman–Crippen LogP) is 2.64. The van der Waals surface area contributed by atoms with Gasteiger partial charge in [0.05, 0.1) is 0 Å². The third kappa shape index (κ3) is 4.60. The molecule has 1 fully saturated rings. The summed E-state index contributed by atoms with van der Waals surface area (Å²) in [7, 11) is 1.86. The summed E-state index contributed by atoms with van der Waals surface area (Å²) >= 11 is 0. The van der Waals surface area contributed by atoms with E-state index in [1.165, 1.54) is 12.1 Å². The fourth-order valence-electron chi connectivity index (χ4n) is 2.51. The molecular weight excluding hydrogens is 257 g/mol. The van der Waals surface area contributed by atoms with Gasteiger partial charge in [-0.3, -0.25) is 4.79 Å². The van der Waals surface area contributed by atoms with Gasteiger partial charge in [-0.05, 0) is 42.9 Å². The van der Waals surface area contributed by atoms with Crippen LogP contribution in [0.3, 0.4) is 0 Å². The van der Waals surface area contributed by atoms with Crippen molar-refractivity contribution >= 4 is 5.91 Å². The molecule has 0 N–H and O–H groups in total. The quantitative estimate of drug-likeness (QED) is 0.829. The molecular formula is C16H22FNO2. The minimum Gasteiger partial charge on any atom is -0.381 e. The summed E-state index contributed by atoms with van der Waals surface area (Å²) in [6, 6.07) is 6.35. The SMILES string of the molecule is CN(CC1CCOCC1)C(=O)CCc1ccc(F)cc1. The van der Waals surface area contributed by atoms with Crippen LogP contribution in [0.4, 0.5) is 4.39 Å². The second kappa shape index (κ2) is 7.39. The van der Waals surface area contributed by atoms with Crippen LogP contribution in [0.15, 0.2) is 24.3 Å². The highest BCUT2D eigenvalue weighted by Gasteiger charge is 2.18. The van der Waals surface area contributed by atoms with Crippen molar-refractivity contribution in [3.8, 4) is 0 Å². The molecule has 0 saturated carbocycles. The minimum atomic E-state index is -0.239. The average molecular weight is 279 g/mol. The molecule has 1 aliphatic heterocycles.